The van der Waals surface area contributed by atoms with Crippen LogP contribution in [0.4, 0.5) is 0 Å². The number of carbonyl (C=O) groups excluding carboxylic acids is 3. The van der Waals surface area contributed by atoms with Crippen LogP contribution in [0.5, 0.6) is 0 Å². The average molecular weight is 479 g/mol. The first-order valence-corrected chi connectivity index (χ1v) is 11.9. The quantitative estimate of drug-likeness (QED) is 0.545. The lowest BCUT2D eigenvalue weighted by Crippen LogP contribution is -2.45. The van der Waals surface area contributed by atoms with E-state index in [2.05, 4.69) is 4.72 Å². The molecule has 0 fully saturated rings. The molecule has 9 heteroatoms. The third kappa shape index (κ3) is 4.48. The molecule has 0 spiro atoms. The van der Waals surface area contributed by atoms with Crippen LogP contribution in [0.15, 0.2) is 83.8 Å². The summed E-state index contributed by atoms with van der Waals surface area (Å²) in [5.74, 6) is -2.24. The van der Waals surface area contributed by atoms with Crippen molar-refractivity contribution in [1.82, 2.24) is 9.62 Å². The van der Waals surface area contributed by atoms with Gasteiger partial charge in [-0.2, -0.15) is 4.72 Å². The maximum atomic E-state index is 13.8. The van der Waals surface area contributed by atoms with Crippen molar-refractivity contribution in [1.29, 1.82) is 0 Å². The molecule has 0 saturated carbocycles. The van der Waals surface area contributed by atoms with Crippen molar-refractivity contribution in [3.63, 3.8) is 0 Å². The van der Waals surface area contributed by atoms with E-state index in [1.807, 2.05) is 6.92 Å². The van der Waals surface area contributed by atoms with Crippen LogP contribution in [0.2, 0.25) is 0 Å². The Kier molecular flexibility index (Phi) is 6.32. The van der Waals surface area contributed by atoms with Gasteiger partial charge < -0.3 is 4.74 Å². The Morgan fingerprint density at radius 2 is 1.56 bits per heavy atom. The van der Waals surface area contributed by atoms with Gasteiger partial charge in [-0.3, -0.25) is 14.4 Å². The molecule has 4 rings (SSSR count). The summed E-state index contributed by atoms with van der Waals surface area (Å²) in [6, 6.07) is 19.3. The number of hydrogen-bond acceptors (Lipinski definition) is 6. The van der Waals surface area contributed by atoms with Gasteiger partial charge in [-0.15, -0.1) is 0 Å². The first-order chi connectivity index (χ1) is 16.2. The molecule has 0 bridgehead atoms. The highest BCUT2D eigenvalue weighted by Crippen LogP contribution is 2.37. The van der Waals surface area contributed by atoms with Crippen LogP contribution < -0.4 is 4.72 Å². The van der Waals surface area contributed by atoms with E-state index in [0.717, 1.165) is 10.5 Å². The number of hydrogen-bond donors (Lipinski definition) is 1. The fourth-order valence-corrected chi connectivity index (χ4v) is 4.94. The zero-order chi connectivity index (χ0) is 24.5. The summed E-state index contributed by atoms with van der Waals surface area (Å²) in [6.45, 7) is 2.99. The second kappa shape index (κ2) is 9.20. The van der Waals surface area contributed by atoms with Crippen LogP contribution in [-0.2, 0) is 24.3 Å². The van der Waals surface area contributed by atoms with Gasteiger partial charge in [0, 0.05) is 18.1 Å². The van der Waals surface area contributed by atoms with Gasteiger partial charge in [-0.05, 0) is 30.7 Å². The second-order valence-corrected chi connectivity index (χ2v) is 9.55. The highest BCUT2D eigenvalue weighted by molar-refractivity contribution is 7.89. The fraction of sp³-hybridized carbons (Fsp3) is 0.160. The number of nitrogens with one attached hydrogen (secondary N) is 1. The van der Waals surface area contributed by atoms with Crippen molar-refractivity contribution in [2.45, 2.75) is 31.0 Å². The number of ether oxygens (including phenoxy) is 1. The number of sulfonamides is 1. The van der Waals surface area contributed by atoms with Crippen LogP contribution in [0.3, 0.4) is 0 Å². The summed E-state index contributed by atoms with van der Waals surface area (Å²) in [6.07, 6.45) is -1.30. The standard InChI is InChI=1S/C25H22N2O6S/c1-16-12-14-19(15-13-16)34(31,32)26-22(18-8-4-3-5-9-18)24(30)27-23(29)20-10-6-7-11-21(20)25(27)33-17(2)28/h3-15,22,25-26H,1-2H3/t22-,25?/m0/s1. The average Bonchev–Trinajstić information content (AvgIpc) is 3.09. The first kappa shape index (κ1) is 23.3. The van der Waals surface area contributed by atoms with Crippen molar-refractivity contribution < 1.29 is 27.5 Å². The molecule has 34 heavy (non-hydrogen) atoms. The number of nitrogens with zero attached hydrogens (tertiary/aromatic N) is 1. The van der Waals surface area contributed by atoms with Crippen LogP contribution in [0, 0.1) is 6.92 Å². The van der Waals surface area contributed by atoms with Crippen LogP contribution in [0.1, 0.15) is 46.2 Å². The lowest BCUT2D eigenvalue weighted by molar-refractivity contribution is -0.159. The molecule has 2 atom stereocenters. The molecule has 1 N–H and O–H groups in total. The predicted octanol–water partition coefficient (Wildman–Crippen LogP) is 3.26. The summed E-state index contributed by atoms with van der Waals surface area (Å²) in [4.78, 5) is 39.5. The minimum Gasteiger partial charge on any atom is -0.437 e. The Morgan fingerprint density at radius 1 is 0.941 bits per heavy atom. The normalized spacial score (nSPS) is 16.1. The third-order valence-corrected chi connectivity index (χ3v) is 6.85. The van der Waals surface area contributed by atoms with Crippen molar-refractivity contribution in [2.75, 3.05) is 0 Å². The van der Waals surface area contributed by atoms with Gasteiger partial charge in [-0.25, -0.2) is 13.3 Å². The van der Waals surface area contributed by atoms with E-state index in [1.165, 1.54) is 25.1 Å². The van der Waals surface area contributed by atoms with Gasteiger partial charge in [0.1, 0.15) is 6.04 Å². The van der Waals surface area contributed by atoms with E-state index >= 15 is 0 Å². The number of rotatable bonds is 6. The van der Waals surface area contributed by atoms with Gasteiger partial charge in [0.25, 0.3) is 11.8 Å². The van der Waals surface area contributed by atoms with Gasteiger partial charge in [0.2, 0.25) is 16.3 Å². The van der Waals surface area contributed by atoms with Gasteiger partial charge in [0.15, 0.2) is 0 Å². The molecule has 8 nitrogen and oxygen atoms in total. The first-order valence-electron chi connectivity index (χ1n) is 10.5. The summed E-state index contributed by atoms with van der Waals surface area (Å²) in [5, 5.41) is 0. The predicted molar refractivity (Wildman–Crippen MR) is 123 cm³/mol. The molecule has 0 radical (unpaired) electrons. The minimum absolute atomic E-state index is 0.0283. The number of benzene rings is 3. The number of amides is 2. The molecule has 1 heterocycles. The van der Waals surface area contributed by atoms with Crippen molar-refractivity contribution >= 4 is 27.8 Å². The highest BCUT2D eigenvalue weighted by Gasteiger charge is 2.45. The van der Waals surface area contributed by atoms with Gasteiger partial charge in [0.05, 0.1) is 4.90 Å². The zero-order valence-corrected chi connectivity index (χ0v) is 19.3. The smallest absolute Gasteiger partial charge is 0.304 e. The topological polar surface area (TPSA) is 110 Å². The molecule has 1 aliphatic rings. The maximum absolute atomic E-state index is 13.8. The molecule has 0 aromatic heterocycles. The van der Waals surface area contributed by atoms with E-state index in [1.54, 1.807) is 60.7 Å². The molecule has 174 valence electrons. The molecular weight excluding hydrogens is 456 g/mol. The van der Waals surface area contributed by atoms with Crippen LogP contribution >= 0.6 is 0 Å². The minimum atomic E-state index is -4.14. The fourth-order valence-electron chi connectivity index (χ4n) is 3.76. The number of esters is 1. The Morgan fingerprint density at radius 3 is 2.21 bits per heavy atom. The van der Waals surface area contributed by atoms with E-state index < -0.39 is 40.1 Å². The largest absolute Gasteiger partial charge is 0.437 e. The third-order valence-electron chi connectivity index (χ3n) is 5.41. The number of fused-ring (bicyclic) bond motifs is 1. The van der Waals surface area contributed by atoms with Crippen LogP contribution in [-0.4, -0.2) is 31.1 Å². The van der Waals surface area contributed by atoms with E-state index in [9.17, 15) is 22.8 Å². The van der Waals surface area contributed by atoms with Crippen molar-refractivity contribution in [3.05, 3.63) is 101 Å². The Labute approximate surface area is 197 Å². The van der Waals surface area contributed by atoms with Gasteiger partial charge in [-0.1, -0.05) is 66.2 Å². The molecule has 3 aromatic rings. The lowest BCUT2D eigenvalue weighted by Gasteiger charge is -2.27. The molecule has 0 saturated heterocycles. The second-order valence-electron chi connectivity index (χ2n) is 7.84. The maximum Gasteiger partial charge on any atom is 0.304 e. The number of aryl methyl sites for hydroxylation is 1. The molecular formula is C25H22N2O6S. The van der Waals surface area contributed by atoms with E-state index in [0.29, 0.717) is 11.1 Å². The van der Waals surface area contributed by atoms with Crippen molar-refractivity contribution in [2.24, 2.45) is 0 Å². The highest BCUT2D eigenvalue weighted by atomic mass is 32.2. The lowest BCUT2D eigenvalue weighted by atomic mass is 10.1. The van der Waals surface area contributed by atoms with Gasteiger partial charge >= 0.3 is 5.97 Å². The SMILES string of the molecule is CC(=O)OC1c2ccccc2C(=O)N1C(=O)[C@@H](NS(=O)(=O)c1ccc(C)cc1)c1ccccc1. The Balaban J connectivity index is 1.76. The Hall–Kier alpha value is -3.82. The molecule has 3 aromatic carbocycles. The summed E-state index contributed by atoms with van der Waals surface area (Å²) >= 11 is 0. The molecule has 1 aliphatic heterocycles. The monoisotopic (exact) mass is 478 g/mol. The van der Waals surface area contributed by atoms with Crippen LogP contribution in [0.25, 0.3) is 0 Å². The molecule has 2 amide bonds. The molecule has 0 aliphatic carbocycles. The van der Waals surface area contributed by atoms with E-state index in [4.69, 9.17) is 4.74 Å². The summed E-state index contributed by atoms with van der Waals surface area (Å²) in [5.41, 5.74) is 1.76. The van der Waals surface area contributed by atoms with Crippen molar-refractivity contribution in [3.8, 4) is 0 Å². The number of carbonyl (C=O) groups is 3. The van der Waals surface area contributed by atoms with E-state index in [-0.39, 0.29) is 10.5 Å². The zero-order valence-electron chi connectivity index (χ0n) is 18.5. The number of imide groups is 1. The summed E-state index contributed by atoms with van der Waals surface area (Å²) in [7, 11) is -4.14. The Bertz CT molecular complexity index is 1350. The molecule has 1 unspecified atom stereocenters. The summed E-state index contributed by atoms with van der Waals surface area (Å²) < 4.78 is 34.1.